The van der Waals surface area contributed by atoms with Gasteiger partial charge in [0.2, 0.25) is 5.91 Å². The van der Waals surface area contributed by atoms with E-state index >= 15 is 0 Å². The molecule has 0 bridgehead atoms. The predicted molar refractivity (Wildman–Crippen MR) is 60.1 cm³/mol. The van der Waals surface area contributed by atoms with Gasteiger partial charge in [-0.1, -0.05) is 6.07 Å². The summed E-state index contributed by atoms with van der Waals surface area (Å²) in [6.45, 7) is 0.550. The lowest BCUT2D eigenvalue weighted by Crippen LogP contribution is -2.33. The topological polar surface area (TPSA) is 57.6 Å². The van der Waals surface area contributed by atoms with Gasteiger partial charge in [-0.05, 0) is 24.3 Å². The zero-order valence-electron chi connectivity index (χ0n) is 8.76. The Hall–Kier alpha value is -1.36. The number of carbonyl (C=O) groups is 2. The first-order chi connectivity index (χ1) is 7.66. The van der Waals surface area contributed by atoms with Crippen LogP contribution in [0.1, 0.15) is 24.1 Å². The molecule has 1 saturated carbocycles. The van der Waals surface area contributed by atoms with Gasteiger partial charge in [0.25, 0.3) is 0 Å². The Bertz CT molecular complexity index is 384. The predicted octanol–water partition coefficient (Wildman–Crippen LogP) is 1.71. The molecule has 86 valence electrons. The SMILES string of the molecule is O=C(O)CC(=O)N(Cc1cccs1)C1CC1. The van der Waals surface area contributed by atoms with E-state index in [4.69, 9.17) is 5.11 Å². The van der Waals surface area contributed by atoms with Crippen molar-refractivity contribution in [3.8, 4) is 0 Å². The Morgan fingerprint density at radius 1 is 1.50 bits per heavy atom. The molecule has 1 aliphatic carbocycles. The van der Waals surface area contributed by atoms with Crippen LogP contribution in [0, 0.1) is 0 Å². The Balaban J connectivity index is 1.99. The fourth-order valence-corrected chi connectivity index (χ4v) is 2.31. The summed E-state index contributed by atoms with van der Waals surface area (Å²) in [7, 11) is 0. The van der Waals surface area contributed by atoms with Gasteiger partial charge in [-0.2, -0.15) is 0 Å². The zero-order chi connectivity index (χ0) is 11.5. The summed E-state index contributed by atoms with van der Waals surface area (Å²) in [4.78, 5) is 25.0. The summed E-state index contributed by atoms with van der Waals surface area (Å²) in [5.74, 6) is -1.33. The van der Waals surface area contributed by atoms with Crippen LogP contribution >= 0.6 is 11.3 Å². The van der Waals surface area contributed by atoms with Gasteiger partial charge in [0, 0.05) is 10.9 Å². The van der Waals surface area contributed by atoms with Crippen LogP contribution in [0.4, 0.5) is 0 Å². The summed E-state index contributed by atoms with van der Waals surface area (Å²) >= 11 is 1.59. The summed E-state index contributed by atoms with van der Waals surface area (Å²) in [6.07, 6.45) is 1.59. The Labute approximate surface area is 97.5 Å². The molecule has 1 fully saturated rings. The molecule has 0 aliphatic heterocycles. The number of thiophene rings is 1. The maximum Gasteiger partial charge on any atom is 0.312 e. The number of aliphatic carboxylic acids is 1. The Kier molecular flexibility index (Phi) is 3.24. The molecule has 1 heterocycles. The van der Waals surface area contributed by atoms with Gasteiger partial charge in [0.1, 0.15) is 6.42 Å². The van der Waals surface area contributed by atoms with E-state index in [1.807, 2.05) is 17.5 Å². The summed E-state index contributed by atoms with van der Waals surface area (Å²) in [6, 6.07) is 4.16. The highest BCUT2D eigenvalue weighted by Gasteiger charge is 2.33. The first kappa shape index (κ1) is 11.1. The van der Waals surface area contributed by atoms with Crippen LogP contribution in [0.5, 0.6) is 0 Å². The number of carboxylic acids is 1. The maximum absolute atomic E-state index is 11.7. The standard InChI is InChI=1S/C11H13NO3S/c13-10(6-11(14)15)12(8-3-4-8)7-9-2-1-5-16-9/h1-2,5,8H,3-4,6-7H2,(H,14,15). The average molecular weight is 239 g/mol. The van der Waals surface area contributed by atoms with Gasteiger partial charge >= 0.3 is 5.97 Å². The normalized spacial score (nSPS) is 14.8. The van der Waals surface area contributed by atoms with Crippen LogP contribution < -0.4 is 0 Å². The minimum Gasteiger partial charge on any atom is -0.481 e. The first-order valence-electron chi connectivity index (χ1n) is 5.20. The molecule has 1 amide bonds. The molecule has 0 aromatic carbocycles. The monoisotopic (exact) mass is 239 g/mol. The maximum atomic E-state index is 11.7. The second kappa shape index (κ2) is 4.65. The third-order valence-corrected chi connectivity index (χ3v) is 3.38. The van der Waals surface area contributed by atoms with Gasteiger partial charge in [-0.3, -0.25) is 9.59 Å². The molecule has 1 N–H and O–H groups in total. The van der Waals surface area contributed by atoms with Gasteiger partial charge in [0.05, 0.1) is 6.54 Å². The number of rotatable bonds is 5. The van der Waals surface area contributed by atoms with E-state index in [9.17, 15) is 9.59 Å². The lowest BCUT2D eigenvalue weighted by atomic mass is 10.3. The van der Waals surface area contributed by atoms with Crippen LogP contribution in [-0.4, -0.2) is 27.9 Å². The van der Waals surface area contributed by atoms with Crippen molar-refractivity contribution >= 4 is 23.2 Å². The van der Waals surface area contributed by atoms with Crippen LogP contribution in [0.15, 0.2) is 17.5 Å². The molecule has 1 aliphatic rings. The van der Waals surface area contributed by atoms with Gasteiger partial charge in [-0.15, -0.1) is 11.3 Å². The van der Waals surface area contributed by atoms with Crippen molar-refractivity contribution < 1.29 is 14.7 Å². The summed E-state index contributed by atoms with van der Waals surface area (Å²) in [5.41, 5.74) is 0. The van der Waals surface area contributed by atoms with E-state index < -0.39 is 12.4 Å². The minimum atomic E-state index is -1.05. The molecule has 1 aromatic heterocycles. The van der Waals surface area contributed by atoms with E-state index in [1.54, 1.807) is 16.2 Å². The number of carboxylic acid groups (broad SMARTS) is 1. The second-order valence-electron chi connectivity index (χ2n) is 3.90. The van der Waals surface area contributed by atoms with Crippen LogP contribution in [0.3, 0.4) is 0 Å². The van der Waals surface area contributed by atoms with Crippen molar-refractivity contribution in [1.29, 1.82) is 0 Å². The molecule has 2 rings (SSSR count). The Morgan fingerprint density at radius 2 is 2.25 bits per heavy atom. The van der Waals surface area contributed by atoms with E-state index in [2.05, 4.69) is 0 Å². The van der Waals surface area contributed by atoms with Crippen molar-refractivity contribution in [2.24, 2.45) is 0 Å². The molecule has 5 heteroatoms. The van der Waals surface area contributed by atoms with E-state index in [-0.39, 0.29) is 11.9 Å². The van der Waals surface area contributed by atoms with Crippen LogP contribution in [-0.2, 0) is 16.1 Å². The highest BCUT2D eigenvalue weighted by Crippen LogP contribution is 2.29. The second-order valence-corrected chi connectivity index (χ2v) is 4.93. The third-order valence-electron chi connectivity index (χ3n) is 2.52. The van der Waals surface area contributed by atoms with Crippen LogP contribution in [0.2, 0.25) is 0 Å². The first-order valence-corrected chi connectivity index (χ1v) is 6.08. The molecule has 0 spiro atoms. The number of amides is 1. The fraction of sp³-hybridized carbons (Fsp3) is 0.455. The lowest BCUT2D eigenvalue weighted by Gasteiger charge is -2.20. The zero-order valence-corrected chi connectivity index (χ0v) is 9.57. The van der Waals surface area contributed by atoms with Gasteiger partial charge < -0.3 is 10.0 Å². The number of hydrogen-bond donors (Lipinski definition) is 1. The van der Waals surface area contributed by atoms with E-state index in [0.29, 0.717) is 6.54 Å². The average Bonchev–Trinajstić information content (AvgIpc) is 2.91. The molecule has 1 aromatic rings. The number of carbonyl (C=O) groups excluding carboxylic acids is 1. The smallest absolute Gasteiger partial charge is 0.312 e. The molecule has 4 nitrogen and oxygen atoms in total. The summed E-state index contributed by atoms with van der Waals surface area (Å²) < 4.78 is 0. The quantitative estimate of drug-likeness (QED) is 0.796. The number of hydrogen-bond acceptors (Lipinski definition) is 3. The van der Waals surface area contributed by atoms with Crippen molar-refractivity contribution in [2.75, 3.05) is 0 Å². The van der Waals surface area contributed by atoms with Crippen molar-refractivity contribution in [3.05, 3.63) is 22.4 Å². The summed E-state index contributed by atoms with van der Waals surface area (Å²) in [5, 5.41) is 10.6. The Morgan fingerprint density at radius 3 is 2.75 bits per heavy atom. The van der Waals surface area contributed by atoms with Crippen molar-refractivity contribution in [1.82, 2.24) is 4.90 Å². The van der Waals surface area contributed by atoms with Gasteiger partial charge in [-0.25, -0.2) is 0 Å². The largest absolute Gasteiger partial charge is 0.481 e. The van der Waals surface area contributed by atoms with Crippen molar-refractivity contribution in [2.45, 2.75) is 31.8 Å². The van der Waals surface area contributed by atoms with Gasteiger partial charge in [0.15, 0.2) is 0 Å². The highest BCUT2D eigenvalue weighted by molar-refractivity contribution is 7.09. The molecule has 0 radical (unpaired) electrons. The molecule has 0 saturated heterocycles. The molecule has 0 unspecified atom stereocenters. The fourth-order valence-electron chi connectivity index (χ4n) is 1.61. The third kappa shape index (κ3) is 2.82. The molecule has 0 atom stereocenters. The lowest BCUT2D eigenvalue weighted by molar-refractivity contribution is -0.144. The molecular weight excluding hydrogens is 226 g/mol. The minimum absolute atomic E-state index is 0.258. The van der Waals surface area contributed by atoms with Crippen molar-refractivity contribution in [3.63, 3.8) is 0 Å². The molecular formula is C11H13NO3S. The van der Waals surface area contributed by atoms with Crippen LogP contribution in [0.25, 0.3) is 0 Å². The molecule has 16 heavy (non-hydrogen) atoms. The number of nitrogens with zero attached hydrogens (tertiary/aromatic N) is 1. The highest BCUT2D eigenvalue weighted by atomic mass is 32.1. The van der Waals surface area contributed by atoms with E-state index in [1.165, 1.54) is 0 Å². The van der Waals surface area contributed by atoms with E-state index in [0.717, 1.165) is 17.7 Å².